The zero-order valence-corrected chi connectivity index (χ0v) is 5.35. The van der Waals surface area contributed by atoms with Crippen molar-refractivity contribution in [3.05, 3.63) is 0 Å². The molecular weight excluding hydrogens is 148 g/mol. The quantitative estimate of drug-likeness (QED) is 0.393. The van der Waals surface area contributed by atoms with Crippen LogP contribution in [0.15, 0.2) is 4.99 Å². The molecule has 0 saturated heterocycles. The first-order valence-corrected chi connectivity index (χ1v) is 2.57. The Labute approximate surface area is 61.2 Å². The summed E-state index contributed by atoms with van der Waals surface area (Å²) in [6.07, 6.45) is 1.25. The van der Waals surface area contributed by atoms with Gasteiger partial charge in [-0.05, 0) is 0 Å². The summed E-state index contributed by atoms with van der Waals surface area (Å²) in [7, 11) is 0. The predicted octanol–water partition coefficient (Wildman–Crippen LogP) is -0.997. The molecule has 0 amide bonds. The summed E-state index contributed by atoms with van der Waals surface area (Å²) in [5.41, 5.74) is 10.3. The zero-order chi connectivity index (χ0) is 8.27. The van der Waals surface area contributed by atoms with E-state index >= 15 is 0 Å². The molecule has 0 aromatic carbocycles. The highest BCUT2D eigenvalue weighted by molar-refractivity contribution is 5.43. The third kappa shape index (κ3) is 1.70. The number of hydrogen-bond acceptors (Lipinski definition) is 7. The Hall–Kier alpha value is -2.01. The Bertz CT molecular complexity index is 296. The van der Waals surface area contributed by atoms with Crippen molar-refractivity contribution in [1.29, 1.82) is 0 Å². The van der Waals surface area contributed by atoms with Crippen LogP contribution in [0.5, 0.6) is 0 Å². The van der Waals surface area contributed by atoms with Gasteiger partial charge in [-0.25, -0.2) is 4.79 Å². The van der Waals surface area contributed by atoms with Crippen molar-refractivity contribution in [2.45, 2.75) is 0 Å². The van der Waals surface area contributed by atoms with Crippen molar-refractivity contribution < 1.29 is 4.79 Å². The Balaban J connectivity index is 3.18. The minimum absolute atomic E-state index is 0.0773. The number of nitrogen functional groups attached to an aromatic ring is 2. The number of carbonyl (C=O) groups excluding carboxylic acids is 1. The molecular formula is C4H4N6O. The second-order valence-electron chi connectivity index (χ2n) is 1.55. The first-order chi connectivity index (χ1) is 5.22. The topological polar surface area (TPSA) is 120 Å². The van der Waals surface area contributed by atoms with Crippen LogP contribution in [0.3, 0.4) is 0 Å². The lowest BCUT2D eigenvalue weighted by Gasteiger charge is -1.93. The van der Waals surface area contributed by atoms with Gasteiger partial charge >= 0.3 is 0 Å². The van der Waals surface area contributed by atoms with E-state index in [-0.39, 0.29) is 17.8 Å². The molecule has 11 heavy (non-hydrogen) atoms. The van der Waals surface area contributed by atoms with Crippen LogP contribution in [0.2, 0.25) is 0 Å². The molecule has 0 atom stereocenters. The minimum Gasteiger partial charge on any atom is -0.368 e. The molecule has 1 aromatic heterocycles. The minimum atomic E-state index is -0.134. The van der Waals surface area contributed by atoms with Crippen LogP contribution in [0, 0.1) is 0 Å². The molecule has 7 nitrogen and oxygen atoms in total. The molecule has 56 valence electrons. The lowest BCUT2D eigenvalue weighted by atomic mass is 10.8. The maximum atomic E-state index is 9.72. The average Bonchev–Trinajstić information content (AvgIpc) is 1.85. The lowest BCUT2D eigenvalue weighted by Crippen LogP contribution is -2.01. The van der Waals surface area contributed by atoms with Crippen LogP contribution in [0.4, 0.5) is 17.8 Å². The van der Waals surface area contributed by atoms with E-state index < -0.39 is 0 Å². The van der Waals surface area contributed by atoms with Crippen molar-refractivity contribution in [3.8, 4) is 0 Å². The molecule has 0 saturated carbocycles. The van der Waals surface area contributed by atoms with E-state index in [4.69, 9.17) is 11.5 Å². The molecule has 0 spiro atoms. The molecule has 0 aliphatic rings. The standard InChI is InChI=1S/C4H4N6O/c5-2-8-3(6)10-4(9-2)7-1-11/h(H4,5,6,8,9,10). The third-order valence-corrected chi connectivity index (χ3v) is 0.804. The maximum Gasteiger partial charge on any atom is 0.267 e. The van der Waals surface area contributed by atoms with Crippen LogP contribution < -0.4 is 11.5 Å². The predicted molar refractivity (Wildman–Crippen MR) is 36.4 cm³/mol. The fraction of sp³-hybridized carbons (Fsp3) is 0. The Morgan fingerprint density at radius 1 is 1.18 bits per heavy atom. The molecule has 0 unspecified atom stereocenters. The summed E-state index contributed by atoms with van der Waals surface area (Å²) in [6, 6.07) is 0. The van der Waals surface area contributed by atoms with Gasteiger partial charge in [-0.2, -0.15) is 15.0 Å². The number of nitrogens with two attached hydrogens (primary N) is 2. The van der Waals surface area contributed by atoms with Gasteiger partial charge < -0.3 is 11.5 Å². The summed E-state index contributed by atoms with van der Waals surface area (Å²) in [5, 5.41) is 0. The van der Waals surface area contributed by atoms with Gasteiger partial charge in [0, 0.05) is 0 Å². The van der Waals surface area contributed by atoms with Crippen LogP contribution >= 0.6 is 0 Å². The molecule has 1 rings (SSSR count). The van der Waals surface area contributed by atoms with Gasteiger partial charge in [-0.15, -0.1) is 4.99 Å². The number of aliphatic imine (C=N–C) groups is 1. The highest BCUT2D eigenvalue weighted by Gasteiger charge is 1.97. The smallest absolute Gasteiger partial charge is 0.267 e. The molecule has 0 fully saturated rings. The summed E-state index contributed by atoms with van der Waals surface area (Å²) in [6.45, 7) is 0. The van der Waals surface area contributed by atoms with Crippen LogP contribution in [0.25, 0.3) is 0 Å². The second-order valence-corrected chi connectivity index (χ2v) is 1.55. The van der Waals surface area contributed by atoms with Gasteiger partial charge in [-0.3, -0.25) is 0 Å². The molecule has 0 bridgehead atoms. The second kappa shape index (κ2) is 2.72. The van der Waals surface area contributed by atoms with Crippen molar-refractivity contribution in [3.63, 3.8) is 0 Å². The van der Waals surface area contributed by atoms with E-state index in [1.807, 2.05) is 0 Å². The Kier molecular flexibility index (Phi) is 1.75. The number of nitrogens with zero attached hydrogens (tertiary/aromatic N) is 4. The normalized spacial score (nSPS) is 8.73. The fourth-order valence-corrected chi connectivity index (χ4v) is 0.488. The van der Waals surface area contributed by atoms with Gasteiger partial charge in [0.15, 0.2) is 0 Å². The molecule has 1 heterocycles. The summed E-state index contributed by atoms with van der Waals surface area (Å²) in [4.78, 5) is 23.2. The molecule has 0 aliphatic heterocycles. The number of anilines is 2. The van der Waals surface area contributed by atoms with Gasteiger partial charge in [-0.1, -0.05) is 0 Å². The van der Waals surface area contributed by atoms with Gasteiger partial charge in [0.05, 0.1) is 0 Å². The number of hydrogen-bond donors (Lipinski definition) is 2. The molecule has 0 radical (unpaired) electrons. The maximum absolute atomic E-state index is 9.72. The summed E-state index contributed by atoms with van der Waals surface area (Å²) in [5.74, 6) is -0.289. The van der Waals surface area contributed by atoms with E-state index in [2.05, 4.69) is 19.9 Å². The SMILES string of the molecule is Nc1nc(N)nc(N=C=O)n1. The van der Waals surface area contributed by atoms with E-state index in [1.54, 1.807) is 0 Å². The lowest BCUT2D eigenvalue weighted by molar-refractivity contribution is 0.565. The molecule has 1 aromatic rings. The molecule has 0 aliphatic carbocycles. The summed E-state index contributed by atoms with van der Waals surface area (Å²) < 4.78 is 0. The monoisotopic (exact) mass is 152 g/mol. The Morgan fingerprint density at radius 3 is 2.18 bits per heavy atom. The zero-order valence-electron chi connectivity index (χ0n) is 5.35. The van der Waals surface area contributed by atoms with E-state index in [0.717, 1.165) is 0 Å². The van der Waals surface area contributed by atoms with E-state index in [9.17, 15) is 4.79 Å². The van der Waals surface area contributed by atoms with Crippen LogP contribution in [0.1, 0.15) is 0 Å². The average molecular weight is 152 g/mol. The van der Waals surface area contributed by atoms with Gasteiger partial charge in [0.25, 0.3) is 5.95 Å². The number of aromatic nitrogens is 3. The van der Waals surface area contributed by atoms with Crippen molar-refractivity contribution in [2.24, 2.45) is 4.99 Å². The first kappa shape index (κ1) is 7.10. The van der Waals surface area contributed by atoms with Crippen molar-refractivity contribution >= 4 is 23.9 Å². The van der Waals surface area contributed by atoms with E-state index in [0.29, 0.717) is 0 Å². The fourth-order valence-electron chi connectivity index (χ4n) is 0.488. The van der Waals surface area contributed by atoms with Gasteiger partial charge in [0.1, 0.15) is 0 Å². The first-order valence-electron chi connectivity index (χ1n) is 2.57. The third-order valence-electron chi connectivity index (χ3n) is 0.804. The highest BCUT2D eigenvalue weighted by atomic mass is 16.1. The van der Waals surface area contributed by atoms with Crippen molar-refractivity contribution in [2.75, 3.05) is 11.5 Å². The van der Waals surface area contributed by atoms with Crippen LogP contribution in [-0.4, -0.2) is 21.0 Å². The highest BCUT2D eigenvalue weighted by Crippen LogP contribution is 2.04. The van der Waals surface area contributed by atoms with Crippen molar-refractivity contribution in [1.82, 2.24) is 15.0 Å². The largest absolute Gasteiger partial charge is 0.368 e. The molecule has 4 N–H and O–H groups in total. The van der Waals surface area contributed by atoms with Gasteiger partial charge in [0.2, 0.25) is 18.0 Å². The number of isocyanates is 1. The molecule has 7 heteroatoms. The van der Waals surface area contributed by atoms with E-state index in [1.165, 1.54) is 6.08 Å². The Morgan fingerprint density at radius 2 is 1.73 bits per heavy atom. The van der Waals surface area contributed by atoms with Crippen LogP contribution in [-0.2, 0) is 4.79 Å². The number of rotatable bonds is 1. The summed E-state index contributed by atoms with van der Waals surface area (Å²) >= 11 is 0.